The van der Waals surface area contributed by atoms with Crippen molar-refractivity contribution in [3.63, 3.8) is 0 Å². The van der Waals surface area contributed by atoms with Gasteiger partial charge in [-0.1, -0.05) is 36.4 Å². The summed E-state index contributed by atoms with van der Waals surface area (Å²) in [5.41, 5.74) is 6.05. The lowest BCUT2D eigenvalue weighted by atomic mass is 10.1. The zero-order chi connectivity index (χ0) is 21.3. The van der Waals surface area contributed by atoms with Crippen molar-refractivity contribution in [2.24, 2.45) is 0 Å². The number of ether oxygens (including phenoxy) is 2. The summed E-state index contributed by atoms with van der Waals surface area (Å²) < 4.78 is 10.5. The Kier molecular flexibility index (Phi) is 7.32. The summed E-state index contributed by atoms with van der Waals surface area (Å²) in [6.07, 6.45) is 3.09. The third kappa shape index (κ3) is 5.53. The molecule has 2 aromatic rings. The minimum Gasteiger partial charge on any atom is -0.493 e. The lowest BCUT2D eigenvalue weighted by molar-refractivity contribution is -0.133. The molecule has 30 heavy (non-hydrogen) atoms. The van der Waals surface area contributed by atoms with Gasteiger partial charge in [-0.05, 0) is 35.8 Å². The molecule has 0 aliphatic carbocycles. The molecule has 1 aliphatic heterocycles. The van der Waals surface area contributed by atoms with Crippen LogP contribution in [0.15, 0.2) is 54.6 Å². The van der Waals surface area contributed by atoms with Gasteiger partial charge in [0.1, 0.15) is 0 Å². The minimum absolute atomic E-state index is 0.0483. The first kappa shape index (κ1) is 21.2. The van der Waals surface area contributed by atoms with E-state index in [4.69, 9.17) is 9.47 Å². The average molecular weight is 409 g/mol. The largest absolute Gasteiger partial charge is 0.493 e. The molecular weight excluding hydrogens is 382 g/mol. The van der Waals surface area contributed by atoms with Gasteiger partial charge in [0.2, 0.25) is 11.8 Å². The first-order valence-electron chi connectivity index (χ1n) is 9.91. The quantitative estimate of drug-likeness (QED) is 0.665. The number of carbonyl (C=O) groups is 2. The highest BCUT2D eigenvalue weighted by atomic mass is 16.5. The number of amides is 2. The Hall–Kier alpha value is -3.48. The van der Waals surface area contributed by atoms with Gasteiger partial charge in [0.25, 0.3) is 0 Å². The Morgan fingerprint density at radius 2 is 1.87 bits per heavy atom. The van der Waals surface area contributed by atoms with Gasteiger partial charge in [0.15, 0.2) is 11.5 Å². The number of hydrogen-bond acceptors (Lipinski definition) is 5. The van der Waals surface area contributed by atoms with Crippen LogP contribution in [0, 0.1) is 0 Å². The second-order valence-corrected chi connectivity index (χ2v) is 6.88. The number of hydrazine groups is 1. The number of hydrogen-bond donors (Lipinski definition) is 2. The van der Waals surface area contributed by atoms with Crippen LogP contribution in [0.3, 0.4) is 0 Å². The maximum atomic E-state index is 12.2. The van der Waals surface area contributed by atoms with E-state index < -0.39 is 0 Å². The van der Waals surface area contributed by atoms with Crippen LogP contribution in [0.1, 0.15) is 24.0 Å². The number of rotatable bonds is 9. The lowest BCUT2D eigenvalue weighted by Crippen LogP contribution is -2.46. The van der Waals surface area contributed by atoms with Gasteiger partial charge in [0.05, 0.1) is 26.5 Å². The molecule has 0 aromatic heterocycles. The topological polar surface area (TPSA) is 79.9 Å². The fourth-order valence-corrected chi connectivity index (χ4v) is 3.22. The van der Waals surface area contributed by atoms with Crippen molar-refractivity contribution < 1.29 is 19.1 Å². The van der Waals surface area contributed by atoms with E-state index in [-0.39, 0.29) is 18.2 Å². The van der Waals surface area contributed by atoms with Crippen LogP contribution in [0.2, 0.25) is 0 Å². The number of nitrogens with zero attached hydrogens (tertiary/aromatic N) is 1. The van der Waals surface area contributed by atoms with Gasteiger partial charge >= 0.3 is 0 Å². The maximum absolute atomic E-state index is 12.2. The van der Waals surface area contributed by atoms with Gasteiger partial charge < -0.3 is 14.8 Å². The number of nitrogens with one attached hydrogen (secondary N) is 2. The van der Waals surface area contributed by atoms with Crippen molar-refractivity contribution in [3.8, 4) is 11.5 Å². The second kappa shape index (κ2) is 10.3. The molecule has 0 atom stereocenters. The summed E-state index contributed by atoms with van der Waals surface area (Å²) in [6.45, 7) is 0.816. The SMILES string of the molecule is COc1ccc(CCNC(=O)CCN2NC(c3ccccc3)=CCC2=O)cc1OC. The van der Waals surface area contributed by atoms with Crippen molar-refractivity contribution in [3.05, 3.63) is 65.7 Å². The van der Waals surface area contributed by atoms with E-state index >= 15 is 0 Å². The van der Waals surface area contributed by atoms with Crippen LogP contribution in [-0.4, -0.2) is 44.1 Å². The summed E-state index contributed by atoms with van der Waals surface area (Å²) in [4.78, 5) is 24.4. The summed E-state index contributed by atoms with van der Waals surface area (Å²) in [5.74, 6) is 1.19. The Morgan fingerprint density at radius 1 is 1.10 bits per heavy atom. The molecule has 0 saturated heterocycles. The molecule has 2 aromatic carbocycles. The average Bonchev–Trinajstić information content (AvgIpc) is 2.79. The maximum Gasteiger partial charge on any atom is 0.244 e. The standard InChI is InChI=1S/C23H27N3O4/c1-29-20-10-8-17(16-21(20)30-2)12-14-24-22(27)13-15-26-23(28)11-9-19(25-26)18-6-4-3-5-7-18/h3-10,16,25H,11-15H2,1-2H3,(H,24,27). The fraction of sp³-hybridized carbons (Fsp3) is 0.304. The third-order valence-corrected chi connectivity index (χ3v) is 4.87. The van der Waals surface area contributed by atoms with Crippen LogP contribution < -0.4 is 20.2 Å². The Morgan fingerprint density at radius 3 is 2.60 bits per heavy atom. The van der Waals surface area contributed by atoms with Crippen LogP contribution in [0.5, 0.6) is 11.5 Å². The number of benzene rings is 2. The fourth-order valence-electron chi connectivity index (χ4n) is 3.22. The summed E-state index contributed by atoms with van der Waals surface area (Å²) in [6, 6.07) is 15.5. The van der Waals surface area contributed by atoms with Crippen LogP contribution >= 0.6 is 0 Å². The first-order valence-corrected chi connectivity index (χ1v) is 9.91. The summed E-state index contributed by atoms with van der Waals surface area (Å²) >= 11 is 0. The molecule has 7 nitrogen and oxygen atoms in total. The predicted molar refractivity (Wildman–Crippen MR) is 115 cm³/mol. The molecule has 2 N–H and O–H groups in total. The molecule has 158 valence electrons. The summed E-state index contributed by atoms with van der Waals surface area (Å²) in [5, 5.41) is 4.41. The zero-order valence-electron chi connectivity index (χ0n) is 17.3. The third-order valence-electron chi connectivity index (χ3n) is 4.87. The van der Waals surface area contributed by atoms with Crippen LogP contribution in [-0.2, 0) is 16.0 Å². The summed E-state index contributed by atoms with van der Waals surface area (Å²) in [7, 11) is 3.19. The van der Waals surface area contributed by atoms with Gasteiger partial charge in [-0.3, -0.25) is 20.0 Å². The molecule has 0 spiro atoms. The number of carbonyl (C=O) groups excluding carboxylic acids is 2. The molecule has 0 saturated carbocycles. The highest BCUT2D eigenvalue weighted by molar-refractivity contribution is 5.84. The van der Waals surface area contributed by atoms with Crippen LogP contribution in [0.25, 0.3) is 5.70 Å². The van der Waals surface area contributed by atoms with E-state index in [0.29, 0.717) is 37.4 Å². The Bertz CT molecular complexity index is 912. The predicted octanol–water partition coefficient (Wildman–Crippen LogP) is 2.53. The normalized spacial score (nSPS) is 13.3. The van der Waals surface area contributed by atoms with E-state index in [1.54, 1.807) is 14.2 Å². The van der Waals surface area contributed by atoms with Gasteiger partial charge in [0, 0.05) is 19.4 Å². The number of methoxy groups -OCH3 is 2. The first-order chi connectivity index (χ1) is 14.6. The molecule has 1 heterocycles. The Balaban J connectivity index is 1.44. The highest BCUT2D eigenvalue weighted by Gasteiger charge is 2.20. The van der Waals surface area contributed by atoms with Crippen molar-refractivity contribution in [2.45, 2.75) is 19.3 Å². The molecule has 0 radical (unpaired) electrons. The molecule has 7 heteroatoms. The van der Waals surface area contributed by atoms with Crippen molar-refractivity contribution in [1.82, 2.24) is 15.8 Å². The molecular formula is C23H27N3O4. The zero-order valence-corrected chi connectivity index (χ0v) is 17.3. The second-order valence-electron chi connectivity index (χ2n) is 6.88. The van der Waals surface area contributed by atoms with Crippen molar-refractivity contribution in [1.29, 1.82) is 0 Å². The minimum atomic E-state index is -0.0964. The highest BCUT2D eigenvalue weighted by Crippen LogP contribution is 2.27. The monoisotopic (exact) mass is 409 g/mol. The molecule has 0 fully saturated rings. The molecule has 3 rings (SSSR count). The van der Waals surface area contributed by atoms with E-state index in [2.05, 4.69) is 10.7 Å². The van der Waals surface area contributed by atoms with E-state index in [1.807, 2.05) is 54.6 Å². The molecule has 2 amide bonds. The smallest absolute Gasteiger partial charge is 0.244 e. The van der Waals surface area contributed by atoms with E-state index in [9.17, 15) is 9.59 Å². The van der Waals surface area contributed by atoms with Gasteiger partial charge in [-0.25, -0.2) is 0 Å². The molecule has 0 bridgehead atoms. The van der Waals surface area contributed by atoms with Crippen molar-refractivity contribution >= 4 is 17.5 Å². The molecule has 0 unspecified atom stereocenters. The molecule has 1 aliphatic rings. The van der Waals surface area contributed by atoms with Gasteiger partial charge in [-0.15, -0.1) is 0 Å². The Labute approximate surface area is 176 Å². The van der Waals surface area contributed by atoms with Gasteiger partial charge in [-0.2, -0.15) is 0 Å². The lowest BCUT2D eigenvalue weighted by Gasteiger charge is -2.29. The van der Waals surface area contributed by atoms with E-state index in [1.165, 1.54) is 5.01 Å². The van der Waals surface area contributed by atoms with E-state index in [0.717, 1.165) is 16.8 Å². The van der Waals surface area contributed by atoms with Crippen LogP contribution in [0.4, 0.5) is 0 Å². The van der Waals surface area contributed by atoms with Crippen molar-refractivity contribution in [2.75, 3.05) is 27.3 Å².